The van der Waals surface area contributed by atoms with Gasteiger partial charge in [-0.05, 0) is 62.3 Å². The summed E-state index contributed by atoms with van der Waals surface area (Å²) in [5, 5.41) is 9.95. The molecule has 7 heteroatoms. The van der Waals surface area contributed by atoms with Gasteiger partial charge in [0, 0.05) is 42.7 Å². The monoisotopic (exact) mass is 393 g/mol. The van der Waals surface area contributed by atoms with Crippen molar-refractivity contribution in [3.05, 3.63) is 41.7 Å². The van der Waals surface area contributed by atoms with Gasteiger partial charge in [0.1, 0.15) is 6.04 Å². The van der Waals surface area contributed by atoms with E-state index in [1.165, 1.54) is 5.57 Å². The lowest BCUT2D eigenvalue weighted by molar-refractivity contribution is -0.125. The van der Waals surface area contributed by atoms with E-state index in [1.54, 1.807) is 6.20 Å². The van der Waals surface area contributed by atoms with Crippen LogP contribution in [0.4, 0.5) is 0 Å². The van der Waals surface area contributed by atoms with E-state index in [0.29, 0.717) is 31.1 Å². The van der Waals surface area contributed by atoms with Crippen molar-refractivity contribution in [2.45, 2.75) is 51.6 Å². The Labute approximate surface area is 170 Å². The number of H-pyrrole nitrogens is 1. The van der Waals surface area contributed by atoms with Crippen LogP contribution in [0.5, 0.6) is 0 Å². The van der Waals surface area contributed by atoms with Gasteiger partial charge < -0.3 is 9.91 Å². The molecule has 1 aromatic heterocycles. The van der Waals surface area contributed by atoms with Crippen LogP contribution >= 0.6 is 0 Å². The number of hydrogen-bond acceptors (Lipinski definition) is 5. The highest BCUT2D eigenvalue weighted by atomic mass is 16.2. The Morgan fingerprint density at radius 3 is 2.79 bits per heavy atom. The zero-order chi connectivity index (χ0) is 20.2. The van der Waals surface area contributed by atoms with E-state index in [1.807, 2.05) is 23.1 Å². The predicted octanol–water partition coefficient (Wildman–Crippen LogP) is 2.63. The molecule has 29 heavy (non-hydrogen) atoms. The summed E-state index contributed by atoms with van der Waals surface area (Å²) in [6, 6.07) is 5.84. The van der Waals surface area contributed by atoms with Gasteiger partial charge in [0.15, 0.2) is 5.78 Å². The third-order valence-electron chi connectivity index (χ3n) is 6.76. The van der Waals surface area contributed by atoms with Gasteiger partial charge in [-0.1, -0.05) is 0 Å². The molecule has 3 heterocycles. The van der Waals surface area contributed by atoms with Crippen LogP contribution in [0.3, 0.4) is 0 Å². The first-order chi connectivity index (χ1) is 13.9. The summed E-state index contributed by atoms with van der Waals surface area (Å²) in [4.78, 5) is 27.8. The number of fused-ring (bicyclic) bond motifs is 2. The van der Waals surface area contributed by atoms with Crippen molar-refractivity contribution in [1.82, 2.24) is 25.5 Å². The molecule has 1 aromatic carbocycles. The molecule has 2 aromatic rings. The van der Waals surface area contributed by atoms with E-state index >= 15 is 0 Å². The van der Waals surface area contributed by atoms with Crippen molar-refractivity contribution >= 4 is 22.6 Å². The Morgan fingerprint density at radius 2 is 2.03 bits per heavy atom. The molecule has 7 nitrogen and oxygen atoms in total. The quantitative estimate of drug-likeness (QED) is 0.820. The molecule has 2 aliphatic heterocycles. The molecular formula is C22H27N5O2. The molecule has 1 saturated heterocycles. The second kappa shape index (κ2) is 6.69. The molecule has 2 N–H and O–H groups in total. The van der Waals surface area contributed by atoms with Crippen molar-refractivity contribution in [2.24, 2.45) is 5.41 Å². The number of piperidine rings is 1. The molecule has 1 saturated carbocycles. The second-order valence-electron chi connectivity index (χ2n) is 9.05. The first kappa shape index (κ1) is 18.4. The van der Waals surface area contributed by atoms with Crippen molar-refractivity contribution in [3.8, 4) is 0 Å². The SMILES string of the molecule is CC(C)N1C=C2CC3(CCN(C(=O)c4ccc5[nH]ncc5c4)CC3)CC(=O)C2N1. The summed E-state index contributed by atoms with van der Waals surface area (Å²) >= 11 is 0. The molecule has 1 spiro atoms. The van der Waals surface area contributed by atoms with Crippen LogP contribution in [-0.4, -0.2) is 57.0 Å². The van der Waals surface area contributed by atoms with Crippen LogP contribution in [0.25, 0.3) is 10.9 Å². The van der Waals surface area contributed by atoms with E-state index in [4.69, 9.17) is 0 Å². The minimum atomic E-state index is -0.149. The van der Waals surface area contributed by atoms with Crippen molar-refractivity contribution in [2.75, 3.05) is 13.1 Å². The summed E-state index contributed by atoms with van der Waals surface area (Å²) in [7, 11) is 0. The van der Waals surface area contributed by atoms with Crippen LogP contribution in [0.1, 0.15) is 49.9 Å². The Kier molecular flexibility index (Phi) is 4.24. The maximum Gasteiger partial charge on any atom is 0.253 e. The molecular weight excluding hydrogens is 366 g/mol. The Bertz CT molecular complexity index is 1000. The fourth-order valence-corrected chi connectivity index (χ4v) is 5.01. The van der Waals surface area contributed by atoms with Crippen molar-refractivity contribution < 1.29 is 9.59 Å². The lowest BCUT2D eigenvalue weighted by Crippen LogP contribution is -2.51. The molecule has 0 radical (unpaired) electrons. The summed E-state index contributed by atoms with van der Waals surface area (Å²) in [6.07, 6.45) is 7.19. The molecule has 5 rings (SSSR count). The van der Waals surface area contributed by atoms with Crippen molar-refractivity contribution in [3.63, 3.8) is 0 Å². The molecule has 3 aliphatic rings. The normalized spacial score (nSPS) is 23.8. The number of hydrazine groups is 1. The number of rotatable bonds is 2. The number of nitrogens with zero attached hydrogens (tertiary/aromatic N) is 3. The van der Waals surface area contributed by atoms with E-state index in [2.05, 4.69) is 40.7 Å². The fourth-order valence-electron chi connectivity index (χ4n) is 5.01. The minimum absolute atomic E-state index is 0.000616. The highest BCUT2D eigenvalue weighted by Crippen LogP contribution is 2.46. The van der Waals surface area contributed by atoms with Gasteiger partial charge in [-0.2, -0.15) is 5.10 Å². The average Bonchev–Trinajstić information content (AvgIpc) is 3.34. The first-order valence-electron chi connectivity index (χ1n) is 10.4. The Hall–Kier alpha value is -2.67. The van der Waals surface area contributed by atoms with E-state index in [9.17, 15) is 9.59 Å². The van der Waals surface area contributed by atoms with E-state index < -0.39 is 0 Å². The zero-order valence-corrected chi connectivity index (χ0v) is 16.9. The van der Waals surface area contributed by atoms with E-state index in [0.717, 1.165) is 30.2 Å². The van der Waals surface area contributed by atoms with Gasteiger partial charge in [0.25, 0.3) is 5.91 Å². The smallest absolute Gasteiger partial charge is 0.253 e. The molecule has 2 fully saturated rings. The fraction of sp³-hybridized carbons (Fsp3) is 0.500. The summed E-state index contributed by atoms with van der Waals surface area (Å²) < 4.78 is 0. The summed E-state index contributed by atoms with van der Waals surface area (Å²) in [5.41, 5.74) is 6.18. The van der Waals surface area contributed by atoms with E-state index in [-0.39, 0.29) is 23.1 Å². The first-order valence-corrected chi connectivity index (χ1v) is 10.4. The van der Waals surface area contributed by atoms with Gasteiger partial charge in [-0.15, -0.1) is 0 Å². The number of aromatic amines is 1. The standard InChI is InChI=1S/C22H27N5O2/c1-14(2)27-13-17-10-22(11-19(28)20(17)25-27)5-7-26(8-6-22)21(29)15-3-4-18-16(9-15)12-23-24-18/h3-4,9,12-14,20,25H,5-8,10-11H2,1-2H3,(H,23,24). The molecule has 152 valence electrons. The minimum Gasteiger partial charge on any atom is -0.339 e. The van der Waals surface area contributed by atoms with Gasteiger partial charge in [0.2, 0.25) is 0 Å². The van der Waals surface area contributed by atoms with Crippen molar-refractivity contribution in [1.29, 1.82) is 0 Å². The maximum atomic E-state index is 13.0. The number of carbonyl (C=O) groups is 2. The number of hydrogen-bond donors (Lipinski definition) is 2. The van der Waals surface area contributed by atoms with Crippen LogP contribution in [-0.2, 0) is 4.79 Å². The third-order valence-corrected chi connectivity index (χ3v) is 6.76. The van der Waals surface area contributed by atoms with Crippen LogP contribution in [0.2, 0.25) is 0 Å². The Balaban J connectivity index is 1.29. The number of carbonyl (C=O) groups excluding carboxylic acids is 2. The lowest BCUT2D eigenvalue weighted by atomic mass is 9.65. The second-order valence-corrected chi connectivity index (χ2v) is 9.05. The highest BCUT2D eigenvalue weighted by molar-refractivity contribution is 5.98. The Morgan fingerprint density at radius 1 is 1.24 bits per heavy atom. The predicted molar refractivity (Wildman–Crippen MR) is 110 cm³/mol. The van der Waals surface area contributed by atoms with Crippen LogP contribution in [0.15, 0.2) is 36.2 Å². The largest absolute Gasteiger partial charge is 0.339 e. The highest BCUT2D eigenvalue weighted by Gasteiger charge is 2.47. The van der Waals surface area contributed by atoms with Gasteiger partial charge in [0.05, 0.1) is 11.7 Å². The zero-order valence-electron chi connectivity index (χ0n) is 16.9. The van der Waals surface area contributed by atoms with Crippen LogP contribution in [0, 0.1) is 5.41 Å². The van der Waals surface area contributed by atoms with Gasteiger partial charge in [-0.3, -0.25) is 14.7 Å². The number of amides is 1. The molecule has 1 aliphatic carbocycles. The van der Waals surface area contributed by atoms with Gasteiger partial charge in [-0.25, -0.2) is 5.43 Å². The number of ketones is 1. The van der Waals surface area contributed by atoms with Gasteiger partial charge >= 0.3 is 0 Å². The molecule has 1 amide bonds. The average molecular weight is 393 g/mol. The summed E-state index contributed by atoms with van der Waals surface area (Å²) in [6.45, 7) is 5.64. The number of Topliss-reactive ketones (excluding diaryl/α,β-unsaturated/α-hetero) is 1. The number of aromatic nitrogens is 2. The molecule has 1 atom stereocenters. The number of likely N-dealkylation sites (tertiary alicyclic amines) is 1. The topological polar surface area (TPSA) is 81.3 Å². The molecule has 0 bridgehead atoms. The third kappa shape index (κ3) is 3.13. The lowest BCUT2D eigenvalue weighted by Gasteiger charge is -2.45. The van der Waals surface area contributed by atoms with Crippen LogP contribution < -0.4 is 5.43 Å². The summed E-state index contributed by atoms with van der Waals surface area (Å²) in [5.74, 6) is 0.353. The maximum absolute atomic E-state index is 13.0. The molecule has 1 unspecified atom stereocenters. The number of benzene rings is 1. The number of nitrogens with one attached hydrogen (secondary N) is 2.